The van der Waals surface area contributed by atoms with Crippen LogP contribution in [0.15, 0.2) is 35.8 Å². The van der Waals surface area contributed by atoms with Crippen LogP contribution in [0.25, 0.3) is 16.2 Å². The largest absolute Gasteiger partial charge is 0.352 e. The van der Waals surface area contributed by atoms with E-state index in [1.54, 1.807) is 22.0 Å². The van der Waals surface area contributed by atoms with Gasteiger partial charge in [0, 0.05) is 23.2 Å². The predicted octanol–water partition coefficient (Wildman–Crippen LogP) is 2.72. The molecule has 0 aliphatic heterocycles. The highest BCUT2D eigenvalue weighted by molar-refractivity contribution is 7.15. The van der Waals surface area contributed by atoms with Gasteiger partial charge in [0.2, 0.25) is 5.91 Å². The number of hydrogen-bond acceptors (Lipinski definition) is 4. The summed E-state index contributed by atoms with van der Waals surface area (Å²) in [4.78, 5) is 29.3. The molecule has 25 heavy (non-hydrogen) atoms. The lowest BCUT2D eigenvalue weighted by Crippen LogP contribution is -2.38. The average Bonchev–Trinajstić information content (AvgIpc) is 3.16. The van der Waals surface area contributed by atoms with Crippen molar-refractivity contribution in [3.63, 3.8) is 0 Å². The Kier molecular flexibility index (Phi) is 4.19. The zero-order chi connectivity index (χ0) is 17.4. The van der Waals surface area contributed by atoms with Crippen molar-refractivity contribution in [3.8, 4) is 11.3 Å². The Bertz CT molecular complexity index is 961. The van der Waals surface area contributed by atoms with Crippen molar-refractivity contribution in [2.24, 2.45) is 0 Å². The molecule has 0 atom stereocenters. The summed E-state index contributed by atoms with van der Waals surface area (Å²) >= 11 is 7.58. The number of rotatable bonds is 5. The van der Waals surface area contributed by atoms with Crippen molar-refractivity contribution in [3.05, 3.63) is 46.6 Å². The molecule has 0 bridgehead atoms. The second-order valence-corrected chi connectivity index (χ2v) is 7.15. The van der Waals surface area contributed by atoms with Crippen LogP contribution < -0.4 is 10.6 Å². The molecule has 0 spiro atoms. The number of nitrogens with one attached hydrogen (secondary N) is 2. The highest BCUT2D eigenvalue weighted by Gasteiger charge is 2.23. The number of amides is 2. The van der Waals surface area contributed by atoms with E-state index in [0.29, 0.717) is 21.4 Å². The third-order valence-corrected chi connectivity index (χ3v) is 5.11. The Morgan fingerprint density at radius 1 is 1.32 bits per heavy atom. The summed E-state index contributed by atoms with van der Waals surface area (Å²) in [6.07, 6.45) is 3.82. The fourth-order valence-corrected chi connectivity index (χ4v) is 3.59. The number of halogens is 1. The van der Waals surface area contributed by atoms with E-state index in [-0.39, 0.29) is 24.4 Å². The van der Waals surface area contributed by atoms with Gasteiger partial charge in [-0.15, -0.1) is 11.3 Å². The summed E-state index contributed by atoms with van der Waals surface area (Å²) in [6, 6.07) is 7.72. The van der Waals surface area contributed by atoms with Crippen molar-refractivity contribution in [2.45, 2.75) is 18.9 Å². The monoisotopic (exact) mass is 374 g/mol. The van der Waals surface area contributed by atoms with Crippen molar-refractivity contribution in [1.29, 1.82) is 0 Å². The molecule has 1 saturated carbocycles. The maximum atomic E-state index is 12.4. The van der Waals surface area contributed by atoms with Crippen LogP contribution in [-0.2, 0) is 4.79 Å². The third-order valence-electron chi connectivity index (χ3n) is 3.94. The molecule has 1 aromatic carbocycles. The van der Waals surface area contributed by atoms with Gasteiger partial charge in [0.25, 0.3) is 5.91 Å². The minimum Gasteiger partial charge on any atom is -0.352 e. The molecule has 128 valence electrons. The maximum absolute atomic E-state index is 12.4. The van der Waals surface area contributed by atoms with Crippen LogP contribution in [0.5, 0.6) is 0 Å². The molecule has 8 heteroatoms. The Labute approximate surface area is 152 Å². The van der Waals surface area contributed by atoms with Gasteiger partial charge >= 0.3 is 0 Å². The van der Waals surface area contributed by atoms with E-state index in [4.69, 9.17) is 11.6 Å². The summed E-state index contributed by atoms with van der Waals surface area (Å²) in [5.74, 6) is -0.468. The Morgan fingerprint density at radius 2 is 2.12 bits per heavy atom. The standard InChI is InChI=1S/C17H15ClN4O2S/c18-12-4-2-1-3-11(12)13-8-22-14(9-25-17(22)21-13)16(24)19-7-15(23)20-10-5-6-10/h1-4,8-10H,5-7H2,(H,19,24)(H,20,23). The quantitative estimate of drug-likeness (QED) is 0.721. The van der Waals surface area contributed by atoms with Crippen molar-refractivity contribution in [2.75, 3.05) is 6.54 Å². The van der Waals surface area contributed by atoms with Crippen LogP contribution in [0, 0.1) is 0 Å². The summed E-state index contributed by atoms with van der Waals surface area (Å²) in [5, 5.41) is 7.83. The van der Waals surface area contributed by atoms with E-state index >= 15 is 0 Å². The van der Waals surface area contributed by atoms with Crippen LogP contribution in [0.4, 0.5) is 0 Å². The molecule has 2 heterocycles. The molecule has 0 saturated heterocycles. The first kappa shape index (κ1) is 16.1. The summed E-state index contributed by atoms with van der Waals surface area (Å²) in [6.45, 7) is -0.0290. The third kappa shape index (κ3) is 3.38. The van der Waals surface area contributed by atoms with Gasteiger partial charge in [0.05, 0.1) is 17.3 Å². The SMILES string of the molecule is O=C(CNC(=O)c1csc2nc(-c3ccccc3Cl)cn12)NC1CC1. The molecule has 2 aromatic heterocycles. The number of aromatic nitrogens is 2. The van der Waals surface area contributed by atoms with E-state index in [2.05, 4.69) is 15.6 Å². The molecule has 3 aromatic rings. The average molecular weight is 375 g/mol. The summed E-state index contributed by atoms with van der Waals surface area (Å²) < 4.78 is 1.72. The Morgan fingerprint density at radius 3 is 2.88 bits per heavy atom. The molecule has 2 N–H and O–H groups in total. The number of benzene rings is 1. The first-order valence-electron chi connectivity index (χ1n) is 7.91. The molecule has 1 fully saturated rings. The first-order valence-corrected chi connectivity index (χ1v) is 9.16. The van der Waals surface area contributed by atoms with Gasteiger partial charge in [-0.3, -0.25) is 14.0 Å². The van der Waals surface area contributed by atoms with Crippen molar-refractivity contribution >= 4 is 39.7 Å². The predicted molar refractivity (Wildman–Crippen MR) is 97.0 cm³/mol. The smallest absolute Gasteiger partial charge is 0.269 e. The summed E-state index contributed by atoms with van der Waals surface area (Å²) in [7, 11) is 0. The van der Waals surface area contributed by atoms with Crippen molar-refractivity contribution in [1.82, 2.24) is 20.0 Å². The molecule has 1 aliphatic rings. The highest BCUT2D eigenvalue weighted by atomic mass is 35.5. The van der Waals surface area contributed by atoms with E-state index in [0.717, 1.165) is 18.4 Å². The van der Waals surface area contributed by atoms with Gasteiger partial charge in [-0.25, -0.2) is 4.98 Å². The molecule has 2 amide bonds. The molecule has 4 rings (SSSR count). The van der Waals surface area contributed by atoms with E-state index in [9.17, 15) is 9.59 Å². The van der Waals surface area contributed by atoms with Gasteiger partial charge in [-0.05, 0) is 18.9 Å². The molecule has 0 unspecified atom stereocenters. The minimum atomic E-state index is -0.305. The number of fused-ring (bicyclic) bond motifs is 1. The molecule has 6 nitrogen and oxygen atoms in total. The molecule has 0 radical (unpaired) electrons. The molecular weight excluding hydrogens is 360 g/mol. The fourth-order valence-electron chi connectivity index (χ4n) is 2.50. The number of thiazole rings is 1. The van der Waals surface area contributed by atoms with Gasteiger partial charge in [0.15, 0.2) is 4.96 Å². The number of imidazole rings is 1. The van der Waals surface area contributed by atoms with Gasteiger partial charge in [-0.1, -0.05) is 29.8 Å². The lowest BCUT2D eigenvalue weighted by molar-refractivity contribution is -0.120. The topological polar surface area (TPSA) is 75.5 Å². The van der Waals surface area contributed by atoms with Crippen LogP contribution in [0.1, 0.15) is 23.3 Å². The second-order valence-electron chi connectivity index (χ2n) is 5.90. The number of carbonyl (C=O) groups excluding carboxylic acids is 2. The normalized spacial score (nSPS) is 13.8. The van der Waals surface area contributed by atoms with Crippen molar-refractivity contribution < 1.29 is 9.59 Å². The van der Waals surface area contributed by atoms with Gasteiger partial charge < -0.3 is 10.6 Å². The van der Waals surface area contributed by atoms with E-state index < -0.39 is 0 Å². The van der Waals surface area contributed by atoms with Crippen LogP contribution in [0.2, 0.25) is 5.02 Å². The van der Waals surface area contributed by atoms with E-state index in [1.807, 2.05) is 18.2 Å². The number of hydrogen-bond donors (Lipinski definition) is 2. The van der Waals surface area contributed by atoms with Gasteiger partial charge in [0.1, 0.15) is 5.69 Å². The molecule has 1 aliphatic carbocycles. The lowest BCUT2D eigenvalue weighted by atomic mass is 10.2. The van der Waals surface area contributed by atoms with E-state index in [1.165, 1.54) is 11.3 Å². The summed E-state index contributed by atoms with van der Waals surface area (Å²) in [5.41, 5.74) is 1.97. The minimum absolute atomic E-state index is 0.0290. The fraction of sp³-hybridized carbons (Fsp3) is 0.235. The Hall–Kier alpha value is -2.38. The zero-order valence-corrected chi connectivity index (χ0v) is 14.7. The lowest BCUT2D eigenvalue weighted by Gasteiger charge is -2.05. The Balaban J connectivity index is 1.52. The first-order chi connectivity index (χ1) is 12.1. The maximum Gasteiger partial charge on any atom is 0.269 e. The number of carbonyl (C=O) groups is 2. The zero-order valence-electron chi connectivity index (χ0n) is 13.2. The highest BCUT2D eigenvalue weighted by Crippen LogP contribution is 2.29. The molecular formula is C17H15ClN4O2S. The van der Waals surface area contributed by atoms with Crippen LogP contribution in [-0.4, -0.2) is 33.8 Å². The number of nitrogens with zero attached hydrogens (tertiary/aromatic N) is 2. The van der Waals surface area contributed by atoms with Gasteiger partial charge in [-0.2, -0.15) is 0 Å². The van der Waals surface area contributed by atoms with Crippen LogP contribution in [0.3, 0.4) is 0 Å². The van der Waals surface area contributed by atoms with Crippen LogP contribution >= 0.6 is 22.9 Å². The second kappa shape index (κ2) is 6.50.